The number of halogens is 2. The lowest BCUT2D eigenvalue weighted by Crippen LogP contribution is -2.41. The Labute approximate surface area is 175 Å². The second-order valence-electron chi connectivity index (χ2n) is 6.82. The molecule has 1 atom stereocenters. The molecule has 4 nitrogen and oxygen atoms in total. The number of aromatic nitrogens is 2. The van der Waals surface area contributed by atoms with Gasteiger partial charge in [-0.2, -0.15) is 0 Å². The van der Waals surface area contributed by atoms with E-state index in [-0.39, 0.29) is 12.0 Å². The molecule has 4 rings (SSSR count). The molecule has 0 aliphatic carbocycles. The van der Waals surface area contributed by atoms with E-state index in [1.54, 1.807) is 12.4 Å². The minimum Gasteiger partial charge on any atom is -0.379 e. The Morgan fingerprint density at radius 3 is 2.00 bits per heavy atom. The molecule has 1 aliphatic heterocycles. The van der Waals surface area contributed by atoms with Crippen LogP contribution >= 0.6 is 23.2 Å². The zero-order chi connectivity index (χ0) is 19.3. The van der Waals surface area contributed by atoms with Crippen molar-refractivity contribution in [2.24, 2.45) is 0 Å². The summed E-state index contributed by atoms with van der Waals surface area (Å²) in [5, 5.41) is 1.12. The van der Waals surface area contributed by atoms with Crippen molar-refractivity contribution < 1.29 is 4.74 Å². The average molecular weight is 414 g/mol. The highest BCUT2D eigenvalue weighted by atomic mass is 35.5. The Balaban J connectivity index is 1.86. The van der Waals surface area contributed by atoms with E-state index in [1.165, 1.54) is 0 Å². The van der Waals surface area contributed by atoms with Gasteiger partial charge in [0, 0.05) is 49.8 Å². The summed E-state index contributed by atoms with van der Waals surface area (Å²) in [6.07, 6.45) is 7.46. The lowest BCUT2D eigenvalue weighted by molar-refractivity contribution is 0.0124. The Morgan fingerprint density at radius 2 is 1.46 bits per heavy atom. The molecule has 0 amide bonds. The maximum absolute atomic E-state index is 6.39. The molecule has 1 aromatic carbocycles. The van der Waals surface area contributed by atoms with Crippen LogP contribution in [0, 0.1) is 0 Å². The number of hydrogen-bond donors (Lipinski definition) is 0. The molecule has 0 N–H and O–H groups in total. The number of rotatable bonds is 5. The van der Waals surface area contributed by atoms with Crippen molar-refractivity contribution in [3.05, 3.63) is 94.0 Å². The van der Waals surface area contributed by atoms with E-state index >= 15 is 0 Å². The molecule has 2 aromatic heterocycles. The quantitative estimate of drug-likeness (QED) is 0.590. The third kappa shape index (κ3) is 4.20. The lowest BCUT2D eigenvalue weighted by Gasteiger charge is -2.40. The first-order valence-electron chi connectivity index (χ1n) is 9.30. The van der Waals surface area contributed by atoms with Crippen molar-refractivity contribution in [1.29, 1.82) is 0 Å². The lowest BCUT2D eigenvalue weighted by atomic mass is 9.82. The Bertz CT molecular complexity index is 863. The Morgan fingerprint density at radius 1 is 0.821 bits per heavy atom. The highest BCUT2D eigenvalue weighted by Crippen LogP contribution is 2.42. The number of pyridine rings is 2. The number of benzene rings is 1. The van der Waals surface area contributed by atoms with E-state index in [9.17, 15) is 0 Å². The molecule has 144 valence electrons. The number of nitrogens with zero attached hydrogens (tertiary/aromatic N) is 3. The molecule has 1 aliphatic rings. The molecule has 6 heteroatoms. The van der Waals surface area contributed by atoms with Crippen LogP contribution in [0.2, 0.25) is 10.0 Å². The van der Waals surface area contributed by atoms with Gasteiger partial charge in [0.05, 0.1) is 23.3 Å². The van der Waals surface area contributed by atoms with E-state index in [4.69, 9.17) is 27.9 Å². The molecule has 0 spiro atoms. The summed E-state index contributed by atoms with van der Waals surface area (Å²) in [6, 6.07) is 14.2. The molecule has 1 saturated heterocycles. The van der Waals surface area contributed by atoms with Crippen molar-refractivity contribution in [3.8, 4) is 0 Å². The fourth-order valence-corrected chi connectivity index (χ4v) is 4.15. The van der Waals surface area contributed by atoms with E-state index in [0.29, 0.717) is 23.3 Å². The summed E-state index contributed by atoms with van der Waals surface area (Å²) in [5.74, 6) is 0.0535. The van der Waals surface area contributed by atoms with Crippen molar-refractivity contribution in [1.82, 2.24) is 14.9 Å². The normalized spacial score (nSPS) is 16.2. The third-order valence-electron chi connectivity index (χ3n) is 5.13. The maximum Gasteiger partial charge on any atom is 0.0595 e. The Hall–Kier alpha value is -1.98. The van der Waals surface area contributed by atoms with E-state index in [1.807, 2.05) is 36.7 Å². The van der Waals surface area contributed by atoms with Crippen LogP contribution in [-0.2, 0) is 4.74 Å². The average Bonchev–Trinajstić information content (AvgIpc) is 2.76. The van der Waals surface area contributed by atoms with Crippen molar-refractivity contribution in [3.63, 3.8) is 0 Å². The summed E-state index contributed by atoms with van der Waals surface area (Å²) >= 11 is 12.6. The molecule has 28 heavy (non-hydrogen) atoms. The van der Waals surface area contributed by atoms with Crippen molar-refractivity contribution >= 4 is 23.2 Å². The summed E-state index contributed by atoms with van der Waals surface area (Å²) < 4.78 is 5.61. The number of ether oxygens (including phenoxy) is 1. The standard InChI is InChI=1S/C22H21Cl2N3O/c23-19-6-5-16(13-20(19)24)22(27-9-11-28-12-10-27)21(17-3-1-7-25-14-17)18-4-2-8-26-15-18/h1-8,13-15,21-22H,9-12H2. The topological polar surface area (TPSA) is 38.2 Å². The van der Waals surface area contributed by atoms with Gasteiger partial charge in [-0.1, -0.05) is 41.4 Å². The zero-order valence-corrected chi connectivity index (χ0v) is 16.9. The molecule has 3 aromatic rings. The van der Waals surface area contributed by atoms with Crippen LogP contribution in [-0.4, -0.2) is 41.2 Å². The van der Waals surface area contributed by atoms with Gasteiger partial charge in [-0.3, -0.25) is 14.9 Å². The smallest absolute Gasteiger partial charge is 0.0595 e. The zero-order valence-electron chi connectivity index (χ0n) is 15.3. The SMILES string of the molecule is Clc1ccc(C(C(c2cccnc2)c2cccnc2)N2CCOCC2)cc1Cl. The van der Waals surface area contributed by atoms with Crippen LogP contribution in [0.1, 0.15) is 28.7 Å². The van der Waals surface area contributed by atoms with Gasteiger partial charge in [-0.05, 0) is 41.0 Å². The summed E-state index contributed by atoms with van der Waals surface area (Å²) in [4.78, 5) is 11.2. The largest absolute Gasteiger partial charge is 0.379 e. The van der Waals surface area contributed by atoms with Gasteiger partial charge in [-0.25, -0.2) is 0 Å². The highest BCUT2D eigenvalue weighted by molar-refractivity contribution is 6.42. The van der Waals surface area contributed by atoms with E-state index < -0.39 is 0 Å². The second-order valence-corrected chi connectivity index (χ2v) is 7.63. The highest BCUT2D eigenvalue weighted by Gasteiger charge is 2.33. The first-order chi connectivity index (χ1) is 13.7. The van der Waals surface area contributed by atoms with Gasteiger partial charge in [0.25, 0.3) is 0 Å². The predicted octanol–water partition coefficient (Wildman–Crippen LogP) is 4.99. The van der Waals surface area contributed by atoms with Crippen LogP contribution < -0.4 is 0 Å². The van der Waals surface area contributed by atoms with Crippen LogP contribution in [0.5, 0.6) is 0 Å². The predicted molar refractivity (Wildman–Crippen MR) is 112 cm³/mol. The molecule has 3 heterocycles. The van der Waals surface area contributed by atoms with E-state index in [2.05, 4.69) is 33.1 Å². The molecule has 0 bridgehead atoms. The van der Waals surface area contributed by atoms with Crippen molar-refractivity contribution in [2.45, 2.75) is 12.0 Å². The Kier molecular flexibility index (Phi) is 6.23. The summed E-state index contributed by atoms with van der Waals surface area (Å²) in [7, 11) is 0. The number of morpholine rings is 1. The maximum atomic E-state index is 6.39. The van der Waals surface area contributed by atoms with Crippen LogP contribution in [0.3, 0.4) is 0 Å². The first-order valence-corrected chi connectivity index (χ1v) is 10.1. The first kappa shape index (κ1) is 19.3. The van der Waals surface area contributed by atoms with Crippen LogP contribution in [0.25, 0.3) is 0 Å². The van der Waals surface area contributed by atoms with Gasteiger partial charge >= 0.3 is 0 Å². The minimum atomic E-state index is 0.0535. The van der Waals surface area contributed by atoms with Gasteiger partial charge in [0.2, 0.25) is 0 Å². The summed E-state index contributed by atoms with van der Waals surface area (Å²) in [5.41, 5.74) is 3.39. The fourth-order valence-electron chi connectivity index (χ4n) is 3.84. The number of hydrogen-bond acceptors (Lipinski definition) is 4. The molecule has 1 unspecified atom stereocenters. The minimum absolute atomic E-state index is 0.0535. The third-order valence-corrected chi connectivity index (χ3v) is 5.87. The van der Waals surface area contributed by atoms with Gasteiger partial charge in [0.15, 0.2) is 0 Å². The van der Waals surface area contributed by atoms with Gasteiger partial charge < -0.3 is 4.74 Å². The molecule has 1 fully saturated rings. The monoisotopic (exact) mass is 413 g/mol. The van der Waals surface area contributed by atoms with Crippen LogP contribution in [0.4, 0.5) is 0 Å². The molecular formula is C22H21Cl2N3O. The van der Waals surface area contributed by atoms with E-state index in [0.717, 1.165) is 29.8 Å². The fraction of sp³-hybridized carbons (Fsp3) is 0.273. The second kappa shape index (κ2) is 9.01. The molecular weight excluding hydrogens is 393 g/mol. The van der Waals surface area contributed by atoms with Crippen molar-refractivity contribution in [2.75, 3.05) is 26.3 Å². The molecule has 0 saturated carbocycles. The van der Waals surface area contributed by atoms with Gasteiger partial charge in [0.1, 0.15) is 0 Å². The molecule has 0 radical (unpaired) electrons. The van der Waals surface area contributed by atoms with Gasteiger partial charge in [-0.15, -0.1) is 0 Å². The van der Waals surface area contributed by atoms with Crippen LogP contribution in [0.15, 0.2) is 67.3 Å². The summed E-state index contributed by atoms with van der Waals surface area (Å²) in [6.45, 7) is 3.12.